The van der Waals surface area contributed by atoms with Gasteiger partial charge in [0, 0.05) is 17.9 Å². The third kappa shape index (κ3) is 6.22. The molecule has 0 radical (unpaired) electrons. The minimum absolute atomic E-state index is 0.0229. The molecule has 2 rings (SSSR count). The van der Waals surface area contributed by atoms with E-state index in [1.165, 1.54) is 0 Å². The molecular formula is C21H26O3S. The van der Waals surface area contributed by atoms with Gasteiger partial charge in [-0.05, 0) is 37.5 Å². The lowest BCUT2D eigenvalue weighted by atomic mass is 10.0. The Bertz CT molecular complexity index is 695. The Kier molecular flexibility index (Phi) is 7.53. The Hall–Kier alpha value is -1.78. The van der Waals surface area contributed by atoms with Gasteiger partial charge in [0.05, 0.1) is 22.7 Å². The first-order chi connectivity index (χ1) is 12.0. The van der Waals surface area contributed by atoms with Crippen LogP contribution >= 0.6 is 0 Å². The number of carbonyl (C=O) groups is 1. The number of ketones is 1. The van der Waals surface area contributed by atoms with Crippen molar-refractivity contribution in [1.82, 2.24) is 0 Å². The van der Waals surface area contributed by atoms with Crippen molar-refractivity contribution in [3.63, 3.8) is 0 Å². The smallest absolute Gasteiger partial charge is 0.148 e. The SMILES string of the molecule is Cc1ccc(S(=O)C(C)C(=O)CC(C)COCc2ccccc2)cc1. The molecule has 3 unspecified atom stereocenters. The summed E-state index contributed by atoms with van der Waals surface area (Å²) in [5.74, 6) is 0.128. The van der Waals surface area contributed by atoms with Gasteiger partial charge in [-0.3, -0.25) is 9.00 Å². The number of ether oxygens (including phenoxy) is 1. The summed E-state index contributed by atoms with van der Waals surface area (Å²) in [4.78, 5) is 13.1. The van der Waals surface area contributed by atoms with Gasteiger partial charge < -0.3 is 4.74 Å². The predicted molar refractivity (Wildman–Crippen MR) is 102 cm³/mol. The molecule has 0 spiro atoms. The molecule has 0 saturated carbocycles. The average molecular weight is 359 g/mol. The molecule has 2 aromatic carbocycles. The molecule has 0 aliphatic rings. The van der Waals surface area contributed by atoms with E-state index in [0.29, 0.717) is 24.5 Å². The van der Waals surface area contributed by atoms with Crippen LogP contribution in [0.15, 0.2) is 59.5 Å². The highest BCUT2D eigenvalue weighted by atomic mass is 32.2. The number of aryl methyl sites for hydroxylation is 1. The van der Waals surface area contributed by atoms with Crippen molar-refractivity contribution >= 4 is 16.6 Å². The highest BCUT2D eigenvalue weighted by molar-refractivity contribution is 7.86. The molecule has 0 aliphatic heterocycles. The van der Waals surface area contributed by atoms with Gasteiger partial charge in [0.25, 0.3) is 0 Å². The van der Waals surface area contributed by atoms with E-state index in [9.17, 15) is 9.00 Å². The van der Waals surface area contributed by atoms with Gasteiger partial charge in [-0.25, -0.2) is 0 Å². The summed E-state index contributed by atoms with van der Waals surface area (Å²) >= 11 is 0. The lowest BCUT2D eigenvalue weighted by Crippen LogP contribution is -2.25. The maximum absolute atomic E-state index is 12.5. The fraction of sp³-hybridized carbons (Fsp3) is 0.381. The van der Waals surface area contributed by atoms with Crippen molar-refractivity contribution in [2.24, 2.45) is 5.92 Å². The second-order valence-corrected chi connectivity index (χ2v) is 8.30. The number of hydrogen-bond donors (Lipinski definition) is 0. The molecule has 134 valence electrons. The first kappa shape index (κ1) is 19.5. The zero-order valence-electron chi connectivity index (χ0n) is 15.1. The largest absolute Gasteiger partial charge is 0.376 e. The zero-order valence-corrected chi connectivity index (χ0v) is 15.9. The second kappa shape index (κ2) is 9.64. The van der Waals surface area contributed by atoms with E-state index in [4.69, 9.17) is 4.74 Å². The van der Waals surface area contributed by atoms with Gasteiger partial charge in [-0.1, -0.05) is 55.0 Å². The molecule has 0 N–H and O–H groups in total. The lowest BCUT2D eigenvalue weighted by Gasteiger charge is -2.15. The monoisotopic (exact) mass is 358 g/mol. The van der Waals surface area contributed by atoms with Crippen molar-refractivity contribution in [3.8, 4) is 0 Å². The standard InChI is InChI=1S/C21H26O3S/c1-16-9-11-20(12-10-16)25(23)18(3)21(22)13-17(2)14-24-15-19-7-5-4-6-8-19/h4-12,17-18H,13-15H2,1-3H3. The van der Waals surface area contributed by atoms with E-state index in [1.807, 2.05) is 68.4 Å². The average Bonchev–Trinajstić information content (AvgIpc) is 2.62. The van der Waals surface area contributed by atoms with Crippen LogP contribution in [0.1, 0.15) is 31.4 Å². The Morgan fingerprint density at radius 3 is 2.32 bits per heavy atom. The molecule has 3 atom stereocenters. The van der Waals surface area contributed by atoms with Crippen LogP contribution in [-0.4, -0.2) is 21.8 Å². The fourth-order valence-electron chi connectivity index (χ4n) is 2.52. The van der Waals surface area contributed by atoms with Crippen molar-refractivity contribution in [2.75, 3.05) is 6.61 Å². The van der Waals surface area contributed by atoms with Crippen LogP contribution in [0.3, 0.4) is 0 Å². The molecule has 4 heteroatoms. The summed E-state index contributed by atoms with van der Waals surface area (Å²) < 4.78 is 18.2. The second-order valence-electron chi connectivity index (χ2n) is 6.53. The van der Waals surface area contributed by atoms with Crippen molar-refractivity contribution in [3.05, 3.63) is 65.7 Å². The first-order valence-electron chi connectivity index (χ1n) is 8.59. The van der Waals surface area contributed by atoms with Crippen LogP contribution < -0.4 is 0 Å². The Morgan fingerprint density at radius 1 is 1.04 bits per heavy atom. The normalized spacial score (nSPS) is 14.7. The fourth-order valence-corrected chi connectivity index (χ4v) is 3.66. The van der Waals surface area contributed by atoms with E-state index in [-0.39, 0.29) is 11.7 Å². The van der Waals surface area contributed by atoms with Crippen molar-refractivity contribution in [2.45, 2.75) is 43.9 Å². The summed E-state index contributed by atoms with van der Waals surface area (Å²) in [5.41, 5.74) is 2.23. The van der Waals surface area contributed by atoms with Crippen LogP contribution in [-0.2, 0) is 26.9 Å². The summed E-state index contributed by atoms with van der Waals surface area (Å²) in [7, 11) is -1.31. The van der Waals surface area contributed by atoms with E-state index < -0.39 is 16.0 Å². The molecule has 0 fully saturated rings. The Labute approximate surface area is 152 Å². The third-order valence-corrected chi connectivity index (χ3v) is 5.73. The van der Waals surface area contributed by atoms with E-state index in [1.54, 1.807) is 6.92 Å². The molecule has 2 aromatic rings. The number of rotatable bonds is 9. The maximum Gasteiger partial charge on any atom is 0.148 e. The maximum atomic E-state index is 12.5. The van der Waals surface area contributed by atoms with Crippen molar-refractivity contribution in [1.29, 1.82) is 0 Å². The topological polar surface area (TPSA) is 43.4 Å². The number of carbonyl (C=O) groups excluding carboxylic acids is 1. The molecule has 3 nitrogen and oxygen atoms in total. The van der Waals surface area contributed by atoms with Gasteiger partial charge in [-0.2, -0.15) is 0 Å². The quantitative estimate of drug-likeness (QED) is 0.671. The first-order valence-corrected chi connectivity index (χ1v) is 9.80. The lowest BCUT2D eigenvalue weighted by molar-refractivity contribution is -0.119. The molecule has 0 amide bonds. The van der Waals surface area contributed by atoms with Crippen LogP contribution in [0.5, 0.6) is 0 Å². The minimum atomic E-state index is -1.31. The Morgan fingerprint density at radius 2 is 1.68 bits per heavy atom. The number of benzene rings is 2. The molecule has 0 bridgehead atoms. The summed E-state index contributed by atoms with van der Waals surface area (Å²) in [6.07, 6.45) is 0.382. The van der Waals surface area contributed by atoms with E-state index >= 15 is 0 Å². The van der Waals surface area contributed by atoms with Gasteiger partial charge >= 0.3 is 0 Å². The predicted octanol–water partition coefficient (Wildman–Crippen LogP) is 4.30. The molecule has 0 heterocycles. The van der Waals surface area contributed by atoms with Crippen LogP contribution in [0.2, 0.25) is 0 Å². The molecule has 0 aromatic heterocycles. The van der Waals surface area contributed by atoms with Gasteiger partial charge in [0.1, 0.15) is 5.78 Å². The molecule has 25 heavy (non-hydrogen) atoms. The third-order valence-electron chi connectivity index (χ3n) is 4.09. The highest BCUT2D eigenvalue weighted by Crippen LogP contribution is 2.16. The molecule has 0 saturated heterocycles. The van der Waals surface area contributed by atoms with Gasteiger partial charge in [0.15, 0.2) is 0 Å². The molecule has 0 aliphatic carbocycles. The van der Waals surface area contributed by atoms with Gasteiger partial charge in [0.2, 0.25) is 0 Å². The summed E-state index contributed by atoms with van der Waals surface area (Å²) in [6.45, 7) is 6.79. The number of Topliss-reactive ketones (excluding diaryl/α,β-unsaturated/α-hetero) is 1. The summed E-state index contributed by atoms with van der Waals surface area (Å²) in [6, 6.07) is 17.5. The van der Waals surface area contributed by atoms with Crippen molar-refractivity contribution < 1.29 is 13.7 Å². The Balaban J connectivity index is 1.79. The van der Waals surface area contributed by atoms with Crippen LogP contribution in [0.4, 0.5) is 0 Å². The molecular weight excluding hydrogens is 332 g/mol. The summed E-state index contributed by atoms with van der Waals surface area (Å²) in [5, 5.41) is -0.501. The van der Waals surface area contributed by atoms with E-state index in [2.05, 4.69) is 0 Å². The zero-order chi connectivity index (χ0) is 18.2. The van der Waals surface area contributed by atoms with E-state index in [0.717, 1.165) is 11.1 Å². The highest BCUT2D eigenvalue weighted by Gasteiger charge is 2.23. The van der Waals surface area contributed by atoms with Gasteiger partial charge in [-0.15, -0.1) is 0 Å². The van der Waals surface area contributed by atoms with Crippen LogP contribution in [0, 0.1) is 12.8 Å². The van der Waals surface area contributed by atoms with Crippen LogP contribution in [0.25, 0.3) is 0 Å². The number of hydrogen-bond acceptors (Lipinski definition) is 3. The minimum Gasteiger partial charge on any atom is -0.376 e.